The van der Waals surface area contributed by atoms with E-state index in [9.17, 15) is 20.0 Å². The molecule has 7 heteroatoms. The van der Waals surface area contributed by atoms with Crippen molar-refractivity contribution in [3.05, 3.63) is 38.9 Å². The molecule has 0 aliphatic rings. The summed E-state index contributed by atoms with van der Waals surface area (Å²) in [6.07, 6.45) is 0.498. The maximum absolute atomic E-state index is 12.1. The molecular weight excluding hydrogens is 296 g/mol. The van der Waals surface area contributed by atoms with Gasteiger partial charge >= 0.3 is 0 Å². The molecule has 1 aromatic rings. The Morgan fingerprint density at radius 2 is 2.14 bits per heavy atom. The molecule has 2 N–H and O–H groups in total. The highest BCUT2D eigenvalue weighted by Crippen LogP contribution is 2.26. The van der Waals surface area contributed by atoms with Crippen molar-refractivity contribution in [3.8, 4) is 0 Å². The first-order valence-electron chi connectivity index (χ1n) is 6.57. The lowest BCUT2D eigenvalue weighted by Crippen LogP contribution is -2.41. The summed E-state index contributed by atoms with van der Waals surface area (Å²) in [6.45, 7) is 5.51. The average molecular weight is 315 g/mol. The Hall–Kier alpha value is -1.66. The molecule has 0 radical (unpaired) electrons. The lowest BCUT2D eigenvalue weighted by Gasteiger charge is -2.25. The zero-order valence-electron chi connectivity index (χ0n) is 12.2. The van der Waals surface area contributed by atoms with Gasteiger partial charge in [0, 0.05) is 12.6 Å². The van der Waals surface area contributed by atoms with Gasteiger partial charge in [-0.2, -0.15) is 0 Å². The van der Waals surface area contributed by atoms with Crippen LogP contribution in [-0.2, 0) is 0 Å². The van der Waals surface area contributed by atoms with Gasteiger partial charge in [-0.05, 0) is 25.3 Å². The van der Waals surface area contributed by atoms with Crippen molar-refractivity contribution < 1.29 is 14.8 Å². The van der Waals surface area contributed by atoms with Crippen LogP contribution >= 0.6 is 11.6 Å². The quantitative estimate of drug-likeness (QED) is 0.623. The molecule has 1 amide bonds. The third-order valence-electron chi connectivity index (χ3n) is 2.89. The van der Waals surface area contributed by atoms with Crippen molar-refractivity contribution in [1.82, 2.24) is 5.32 Å². The smallest absolute Gasteiger partial charge is 0.283 e. The fraction of sp³-hybridized carbons (Fsp3) is 0.500. The number of hydrogen-bond donors (Lipinski definition) is 2. The van der Waals surface area contributed by atoms with Crippen LogP contribution in [0.15, 0.2) is 18.2 Å². The third-order valence-corrected chi connectivity index (χ3v) is 3.21. The highest BCUT2D eigenvalue weighted by atomic mass is 35.5. The van der Waals surface area contributed by atoms with Crippen LogP contribution in [0.3, 0.4) is 0 Å². The molecule has 0 aromatic heterocycles. The maximum atomic E-state index is 12.1. The van der Waals surface area contributed by atoms with Gasteiger partial charge in [-0.15, -0.1) is 0 Å². The van der Waals surface area contributed by atoms with Gasteiger partial charge in [0.1, 0.15) is 5.56 Å². The highest BCUT2D eigenvalue weighted by Gasteiger charge is 2.27. The molecule has 0 bridgehead atoms. The number of rotatable bonds is 6. The highest BCUT2D eigenvalue weighted by molar-refractivity contribution is 6.34. The average Bonchev–Trinajstić information content (AvgIpc) is 2.34. The number of aliphatic hydroxyl groups is 1. The number of nitro benzene ring substituents is 1. The van der Waals surface area contributed by atoms with Crippen LogP contribution in [0.1, 0.15) is 37.6 Å². The molecule has 1 unspecified atom stereocenters. The summed E-state index contributed by atoms with van der Waals surface area (Å²) in [7, 11) is 0. The Morgan fingerprint density at radius 3 is 2.67 bits per heavy atom. The molecule has 21 heavy (non-hydrogen) atoms. The van der Waals surface area contributed by atoms with Crippen molar-refractivity contribution in [2.75, 3.05) is 6.54 Å². The molecule has 0 fully saturated rings. The summed E-state index contributed by atoms with van der Waals surface area (Å²) in [5.74, 6) is -0.414. The van der Waals surface area contributed by atoms with Crippen molar-refractivity contribution in [2.45, 2.75) is 32.8 Å². The van der Waals surface area contributed by atoms with Crippen LogP contribution in [0.25, 0.3) is 0 Å². The molecule has 116 valence electrons. The number of carbonyl (C=O) groups is 1. The maximum Gasteiger partial charge on any atom is 0.283 e. The first-order chi connectivity index (χ1) is 9.64. The van der Waals surface area contributed by atoms with E-state index in [-0.39, 0.29) is 28.7 Å². The fourth-order valence-corrected chi connectivity index (χ4v) is 2.46. The fourth-order valence-electron chi connectivity index (χ4n) is 2.20. The second-order valence-corrected chi connectivity index (χ2v) is 6.08. The first kappa shape index (κ1) is 17.4. The topological polar surface area (TPSA) is 92.5 Å². The standard InChI is InChI=1S/C14H19ClN2O4/c1-9(2)7-14(3,19)8-16-13(18)12-10(15)5-4-6-11(12)17(20)21/h4-6,9,19H,7-8H2,1-3H3,(H,16,18). The molecule has 1 aromatic carbocycles. The molecule has 1 atom stereocenters. The first-order valence-corrected chi connectivity index (χ1v) is 6.95. The molecular formula is C14H19ClN2O4. The Kier molecular flexibility index (Phi) is 5.69. The number of carbonyl (C=O) groups excluding carboxylic acids is 1. The van der Waals surface area contributed by atoms with Crippen LogP contribution in [0, 0.1) is 16.0 Å². The Bertz CT molecular complexity index is 544. The number of amides is 1. The summed E-state index contributed by atoms with van der Waals surface area (Å²) in [6, 6.07) is 4.04. The van der Waals surface area contributed by atoms with E-state index >= 15 is 0 Å². The largest absolute Gasteiger partial charge is 0.388 e. The molecule has 0 saturated heterocycles. The summed E-state index contributed by atoms with van der Waals surface area (Å²) in [5.41, 5.74) is -1.63. The van der Waals surface area contributed by atoms with Crippen LogP contribution < -0.4 is 5.32 Å². The Balaban J connectivity index is 2.88. The van der Waals surface area contributed by atoms with E-state index in [1.165, 1.54) is 18.2 Å². The molecule has 0 saturated carbocycles. The Morgan fingerprint density at radius 1 is 1.52 bits per heavy atom. The van der Waals surface area contributed by atoms with Crippen LogP contribution in [0.5, 0.6) is 0 Å². The van der Waals surface area contributed by atoms with E-state index in [1.807, 2.05) is 13.8 Å². The summed E-state index contributed by atoms with van der Waals surface area (Å²) in [4.78, 5) is 22.4. The molecule has 6 nitrogen and oxygen atoms in total. The van der Waals surface area contributed by atoms with Crippen molar-refractivity contribution in [3.63, 3.8) is 0 Å². The van der Waals surface area contributed by atoms with Crippen LogP contribution in [-0.4, -0.2) is 28.1 Å². The zero-order chi connectivity index (χ0) is 16.2. The number of halogens is 1. The number of nitrogens with zero attached hydrogens (tertiary/aromatic N) is 1. The molecule has 0 spiro atoms. The van der Waals surface area contributed by atoms with Gasteiger partial charge in [0.15, 0.2) is 0 Å². The van der Waals surface area contributed by atoms with Gasteiger partial charge < -0.3 is 10.4 Å². The number of benzene rings is 1. The van der Waals surface area contributed by atoms with Gasteiger partial charge in [-0.25, -0.2) is 0 Å². The summed E-state index contributed by atoms with van der Waals surface area (Å²) < 4.78 is 0. The molecule has 1 rings (SSSR count). The predicted molar refractivity (Wildman–Crippen MR) is 80.5 cm³/mol. The van der Waals surface area contributed by atoms with Crippen molar-refractivity contribution >= 4 is 23.2 Å². The number of nitro groups is 1. The van der Waals surface area contributed by atoms with Gasteiger partial charge in [0.25, 0.3) is 11.6 Å². The van der Waals surface area contributed by atoms with Crippen molar-refractivity contribution in [1.29, 1.82) is 0 Å². The van der Waals surface area contributed by atoms with Crippen LogP contribution in [0.2, 0.25) is 5.02 Å². The van der Waals surface area contributed by atoms with E-state index in [1.54, 1.807) is 6.92 Å². The minimum absolute atomic E-state index is 0.00482. The normalized spacial score (nSPS) is 13.8. The monoisotopic (exact) mass is 314 g/mol. The lowest BCUT2D eigenvalue weighted by atomic mass is 9.94. The van der Waals surface area contributed by atoms with E-state index in [0.29, 0.717) is 6.42 Å². The van der Waals surface area contributed by atoms with E-state index in [0.717, 1.165) is 0 Å². The summed E-state index contributed by atoms with van der Waals surface area (Å²) >= 11 is 5.87. The number of nitrogens with one attached hydrogen (secondary N) is 1. The second-order valence-electron chi connectivity index (χ2n) is 5.67. The molecule has 0 aliphatic carbocycles. The SMILES string of the molecule is CC(C)CC(C)(O)CNC(=O)c1c(Cl)cccc1[N+](=O)[O-]. The van der Waals surface area contributed by atoms with Gasteiger partial charge in [0.05, 0.1) is 15.5 Å². The van der Waals surface area contributed by atoms with Crippen molar-refractivity contribution in [2.24, 2.45) is 5.92 Å². The van der Waals surface area contributed by atoms with E-state index in [2.05, 4.69) is 5.32 Å². The van der Waals surface area contributed by atoms with Gasteiger partial charge in [0.2, 0.25) is 0 Å². The second kappa shape index (κ2) is 6.87. The minimum atomic E-state index is -1.08. The lowest BCUT2D eigenvalue weighted by molar-refractivity contribution is -0.385. The minimum Gasteiger partial charge on any atom is -0.388 e. The third kappa shape index (κ3) is 4.99. The molecule has 0 aliphatic heterocycles. The number of hydrogen-bond acceptors (Lipinski definition) is 4. The summed E-state index contributed by atoms with van der Waals surface area (Å²) in [5, 5.41) is 23.6. The predicted octanol–water partition coefficient (Wildman–Crippen LogP) is 2.78. The zero-order valence-corrected chi connectivity index (χ0v) is 13.0. The van der Waals surface area contributed by atoms with Gasteiger partial charge in [-0.1, -0.05) is 31.5 Å². The Labute approximate surface area is 128 Å². The van der Waals surface area contributed by atoms with E-state index in [4.69, 9.17) is 11.6 Å². The van der Waals surface area contributed by atoms with E-state index < -0.39 is 16.4 Å². The molecule has 0 heterocycles. The van der Waals surface area contributed by atoms with Crippen LogP contribution in [0.4, 0.5) is 5.69 Å². The van der Waals surface area contributed by atoms with Gasteiger partial charge in [-0.3, -0.25) is 14.9 Å².